The molecule has 0 bridgehead atoms. The second-order valence-electron chi connectivity index (χ2n) is 8.31. The first-order valence-corrected chi connectivity index (χ1v) is 11.5. The summed E-state index contributed by atoms with van der Waals surface area (Å²) < 4.78 is 2.17. The summed E-state index contributed by atoms with van der Waals surface area (Å²) in [5, 5.41) is 6.41. The highest BCUT2D eigenvalue weighted by molar-refractivity contribution is 6.31. The molecular formula is C24H26Cl2N4. The SMILES string of the molecule is Clc1ccc(N2CCN([C@H]3CC[C@@H](n4ccc(-c5cccc(Cl)c5)n4)C3)CC2)cc1. The number of piperazine rings is 1. The smallest absolute Gasteiger partial charge is 0.0923 e. The zero-order chi connectivity index (χ0) is 20.5. The van der Waals surface area contributed by atoms with E-state index in [1.54, 1.807) is 0 Å². The second kappa shape index (κ2) is 8.62. The molecule has 0 spiro atoms. The summed E-state index contributed by atoms with van der Waals surface area (Å²) in [5.74, 6) is 0. The Bertz CT molecular complexity index is 992. The molecule has 1 saturated heterocycles. The molecule has 156 valence electrons. The molecule has 30 heavy (non-hydrogen) atoms. The van der Waals surface area contributed by atoms with Gasteiger partial charge in [0.05, 0.1) is 11.7 Å². The first-order valence-electron chi connectivity index (χ1n) is 10.7. The normalized spacial score (nSPS) is 22.5. The van der Waals surface area contributed by atoms with Crippen LogP contribution in [0.25, 0.3) is 11.3 Å². The largest absolute Gasteiger partial charge is 0.369 e. The zero-order valence-corrected chi connectivity index (χ0v) is 18.4. The lowest BCUT2D eigenvalue weighted by Crippen LogP contribution is -2.49. The summed E-state index contributed by atoms with van der Waals surface area (Å²) >= 11 is 12.2. The van der Waals surface area contributed by atoms with Gasteiger partial charge in [0.15, 0.2) is 0 Å². The van der Waals surface area contributed by atoms with Gasteiger partial charge in [0.25, 0.3) is 0 Å². The van der Waals surface area contributed by atoms with E-state index >= 15 is 0 Å². The predicted octanol–water partition coefficient (Wildman–Crippen LogP) is 5.77. The Balaban J connectivity index is 1.18. The summed E-state index contributed by atoms with van der Waals surface area (Å²) in [6, 6.07) is 19.4. The van der Waals surface area contributed by atoms with Gasteiger partial charge in [-0.3, -0.25) is 9.58 Å². The average Bonchev–Trinajstić information content (AvgIpc) is 3.44. The summed E-state index contributed by atoms with van der Waals surface area (Å²) in [4.78, 5) is 5.14. The van der Waals surface area contributed by atoms with Crippen molar-refractivity contribution in [3.8, 4) is 11.3 Å². The number of benzene rings is 2. The van der Waals surface area contributed by atoms with Crippen molar-refractivity contribution < 1.29 is 0 Å². The van der Waals surface area contributed by atoms with Crippen LogP contribution in [-0.4, -0.2) is 46.9 Å². The molecule has 0 N–H and O–H groups in total. The summed E-state index contributed by atoms with van der Waals surface area (Å²) in [7, 11) is 0. The molecule has 1 aliphatic carbocycles. The third-order valence-corrected chi connectivity index (χ3v) is 6.99. The van der Waals surface area contributed by atoms with Gasteiger partial charge in [0.2, 0.25) is 0 Å². The van der Waals surface area contributed by atoms with Gasteiger partial charge >= 0.3 is 0 Å². The van der Waals surface area contributed by atoms with Crippen molar-refractivity contribution in [3.05, 3.63) is 70.8 Å². The van der Waals surface area contributed by atoms with Gasteiger partial charge in [-0.1, -0.05) is 35.3 Å². The molecule has 0 amide bonds. The first kappa shape index (κ1) is 19.9. The molecule has 4 nitrogen and oxygen atoms in total. The van der Waals surface area contributed by atoms with Crippen molar-refractivity contribution in [2.24, 2.45) is 0 Å². The van der Waals surface area contributed by atoms with Gasteiger partial charge in [0, 0.05) is 59.7 Å². The van der Waals surface area contributed by atoms with Gasteiger partial charge in [-0.25, -0.2) is 0 Å². The molecule has 0 radical (unpaired) electrons. The van der Waals surface area contributed by atoms with E-state index in [0.717, 1.165) is 47.5 Å². The Morgan fingerprint density at radius 3 is 2.33 bits per heavy atom. The van der Waals surface area contributed by atoms with Crippen LogP contribution in [0.2, 0.25) is 10.0 Å². The number of hydrogen-bond donors (Lipinski definition) is 0. The van der Waals surface area contributed by atoms with Crippen LogP contribution in [0.3, 0.4) is 0 Å². The molecule has 0 unspecified atom stereocenters. The summed E-state index contributed by atoms with van der Waals surface area (Å²) in [6.45, 7) is 4.38. The molecule has 1 aromatic heterocycles. The standard InChI is InChI=1S/C24H26Cl2N4/c25-19-4-6-21(7-5-19)28-12-14-29(15-13-28)22-8-9-23(17-22)30-11-10-24(27-30)18-2-1-3-20(26)16-18/h1-7,10-11,16,22-23H,8-9,12-15,17H2/t22-,23+/m0/s1. The maximum atomic E-state index is 6.14. The summed E-state index contributed by atoms with van der Waals surface area (Å²) in [5.41, 5.74) is 3.35. The van der Waals surface area contributed by atoms with Crippen LogP contribution in [0.15, 0.2) is 60.8 Å². The Morgan fingerprint density at radius 1 is 0.800 bits per heavy atom. The molecule has 3 aromatic rings. The highest BCUT2D eigenvalue weighted by atomic mass is 35.5. The van der Waals surface area contributed by atoms with Crippen LogP contribution in [-0.2, 0) is 0 Å². The monoisotopic (exact) mass is 440 g/mol. The highest BCUT2D eigenvalue weighted by Crippen LogP contribution is 2.34. The minimum Gasteiger partial charge on any atom is -0.369 e. The van der Waals surface area contributed by atoms with Crippen molar-refractivity contribution in [1.29, 1.82) is 0 Å². The average molecular weight is 441 g/mol. The molecule has 5 rings (SSSR count). The third kappa shape index (κ3) is 4.22. The van der Waals surface area contributed by atoms with E-state index in [1.165, 1.54) is 24.9 Å². The minimum atomic E-state index is 0.484. The summed E-state index contributed by atoms with van der Waals surface area (Å²) in [6.07, 6.45) is 5.75. The van der Waals surface area contributed by atoms with Gasteiger partial charge in [-0.05, 0) is 61.7 Å². The molecular weight excluding hydrogens is 415 g/mol. The number of nitrogens with zero attached hydrogens (tertiary/aromatic N) is 4. The van der Waals surface area contributed by atoms with Crippen molar-refractivity contribution in [1.82, 2.24) is 14.7 Å². The van der Waals surface area contributed by atoms with Crippen molar-refractivity contribution >= 4 is 28.9 Å². The van der Waals surface area contributed by atoms with E-state index in [1.807, 2.05) is 30.3 Å². The van der Waals surface area contributed by atoms with Gasteiger partial charge in [0.1, 0.15) is 0 Å². The van der Waals surface area contributed by atoms with Gasteiger partial charge < -0.3 is 4.90 Å². The zero-order valence-electron chi connectivity index (χ0n) is 16.9. The Kier molecular flexibility index (Phi) is 5.72. The van der Waals surface area contributed by atoms with Crippen molar-refractivity contribution in [2.75, 3.05) is 31.1 Å². The van der Waals surface area contributed by atoms with Gasteiger partial charge in [-0.2, -0.15) is 5.10 Å². The van der Waals surface area contributed by atoms with E-state index in [2.05, 4.69) is 44.9 Å². The number of halogens is 2. The lowest BCUT2D eigenvalue weighted by Gasteiger charge is -2.39. The molecule has 2 aromatic carbocycles. The molecule has 1 saturated carbocycles. The Morgan fingerprint density at radius 2 is 1.57 bits per heavy atom. The second-order valence-corrected chi connectivity index (χ2v) is 9.18. The van der Waals surface area contributed by atoms with Crippen molar-refractivity contribution in [2.45, 2.75) is 31.3 Å². The minimum absolute atomic E-state index is 0.484. The van der Waals surface area contributed by atoms with Crippen LogP contribution < -0.4 is 4.90 Å². The van der Waals surface area contributed by atoms with E-state index < -0.39 is 0 Å². The molecule has 2 aliphatic rings. The van der Waals surface area contributed by atoms with E-state index in [-0.39, 0.29) is 0 Å². The fourth-order valence-corrected chi connectivity index (χ4v) is 5.16. The lowest BCUT2D eigenvalue weighted by molar-refractivity contribution is 0.183. The third-order valence-electron chi connectivity index (χ3n) is 6.50. The first-order chi connectivity index (χ1) is 14.7. The number of anilines is 1. The van der Waals surface area contributed by atoms with Crippen LogP contribution in [0, 0.1) is 0 Å². The molecule has 1 aliphatic heterocycles. The maximum absolute atomic E-state index is 6.14. The maximum Gasteiger partial charge on any atom is 0.0923 e. The molecule has 2 heterocycles. The van der Waals surface area contributed by atoms with Crippen LogP contribution in [0.4, 0.5) is 5.69 Å². The predicted molar refractivity (Wildman–Crippen MR) is 125 cm³/mol. The molecule has 2 fully saturated rings. The molecule has 2 atom stereocenters. The van der Waals surface area contributed by atoms with Crippen LogP contribution in [0.5, 0.6) is 0 Å². The number of rotatable bonds is 4. The Labute approximate surface area is 188 Å². The van der Waals surface area contributed by atoms with E-state index in [0.29, 0.717) is 12.1 Å². The van der Waals surface area contributed by atoms with Crippen LogP contribution >= 0.6 is 23.2 Å². The Hall–Kier alpha value is -2.01. The fraction of sp³-hybridized carbons (Fsp3) is 0.375. The fourth-order valence-electron chi connectivity index (χ4n) is 4.85. The van der Waals surface area contributed by atoms with Gasteiger partial charge in [-0.15, -0.1) is 0 Å². The quantitative estimate of drug-likeness (QED) is 0.514. The van der Waals surface area contributed by atoms with Crippen LogP contribution in [0.1, 0.15) is 25.3 Å². The number of hydrogen-bond acceptors (Lipinski definition) is 3. The van der Waals surface area contributed by atoms with E-state index in [4.69, 9.17) is 28.3 Å². The van der Waals surface area contributed by atoms with E-state index in [9.17, 15) is 0 Å². The van der Waals surface area contributed by atoms with Crippen molar-refractivity contribution in [3.63, 3.8) is 0 Å². The topological polar surface area (TPSA) is 24.3 Å². The highest BCUT2D eigenvalue weighted by Gasteiger charge is 2.32. The molecule has 6 heteroatoms. The number of aromatic nitrogens is 2. The lowest BCUT2D eigenvalue weighted by atomic mass is 10.1.